The average Bonchev–Trinajstić information content (AvgIpc) is 3.01. The lowest BCUT2D eigenvalue weighted by molar-refractivity contribution is 0.102. The topological polar surface area (TPSA) is 76.3 Å². The second-order valence-corrected chi connectivity index (χ2v) is 6.25. The highest BCUT2D eigenvalue weighted by molar-refractivity contribution is 6.05. The summed E-state index contributed by atoms with van der Waals surface area (Å²) in [6, 6.07) is 18.5. The van der Waals surface area contributed by atoms with Crippen LogP contribution < -0.4 is 14.8 Å². The third kappa shape index (κ3) is 3.99. The van der Waals surface area contributed by atoms with E-state index in [-0.39, 0.29) is 12.5 Å². The highest BCUT2D eigenvalue weighted by Gasteiger charge is 2.17. The molecule has 1 heterocycles. The number of ether oxygens (including phenoxy) is 2. The summed E-state index contributed by atoms with van der Waals surface area (Å²) in [7, 11) is 1.63. The predicted molar refractivity (Wildman–Crippen MR) is 107 cm³/mol. The van der Waals surface area contributed by atoms with Crippen LogP contribution in [0.3, 0.4) is 0 Å². The lowest BCUT2D eigenvalue weighted by Crippen LogP contribution is -2.13. The Balaban J connectivity index is 1.86. The minimum Gasteiger partial charge on any atom is -0.497 e. The molecule has 0 bridgehead atoms. The van der Waals surface area contributed by atoms with Crippen molar-refractivity contribution in [1.82, 2.24) is 4.57 Å². The molecule has 3 aromatic rings. The van der Waals surface area contributed by atoms with Crippen LogP contribution in [0.25, 0.3) is 5.69 Å². The molecule has 0 radical (unpaired) electrons. The van der Waals surface area contributed by atoms with Gasteiger partial charge >= 0.3 is 0 Å². The van der Waals surface area contributed by atoms with Gasteiger partial charge in [0.2, 0.25) is 0 Å². The van der Waals surface area contributed by atoms with E-state index >= 15 is 0 Å². The van der Waals surface area contributed by atoms with Gasteiger partial charge in [0.15, 0.2) is 6.61 Å². The van der Waals surface area contributed by atoms with Gasteiger partial charge in [-0.05, 0) is 44.2 Å². The fraction of sp³-hybridized carbons (Fsp3) is 0.182. The third-order valence-electron chi connectivity index (χ3n) is 4.38. The molecular formula is C22H21N3O3. The molecule has 1 N–H and O–H groups in total. The maximum Gasteiger partial charge on any atom is 0.257 e. The van der Waals surface area contributed by atoms with Gasteiger partial charge < -0.3 is 19.4 Å². The van der Waals surface area contributed by atoms with Gasteiger partial charge in [0.05, 0.1) is 12.7 Å². The Morgan fingerprint density at radius 2 is 1.86 bits per heavy atom. The van der Waals surface area contributed by atoms with Crippen molar-refractivity contribution in [1.29, 1.82) is 5.26 Å². The Hall–Kier alpha value is -3.72. The molecule has 1 amide bonds. The summed E-state index contributed by atoms with van der Waals surface area (Å²) in [4.78, 5) is 12.8. The molecule has 6 nitrogen and oxygen atoms in total. The van der Waals surface area contributed by atoms with Gasteiger partial charge in [-0.3, -0.25) is 4.79 Å². The van der Waals surface area contributed by atoms with Gasteiger partial charge in [-0.1, -0.05) is 12.1 Å². The molecule has 0 fully saturated rings. The fourth-order valence-corrected chi connectivity index (χ4v) is 3.12. The van der Waals surface area contributed by atoms with E-state index in [0.717, 1.165) is 22.8 Å². The Morgan fingerprint density at radius 3 is 2.61 bits per heavy atom. The third-order valence-corrected chi connectivity index (χ3v) is 4.38. The van der Waals surface area contributed by atoms with Crippen molar-refractivity contribution in [2.45, 2.75) is 13.8 Å². The lowest BCUT2D eigenvalue weighted by atomic mass is 10.2. The van der Waals surface area contributed by atoms with Gasteiger partial charge in [-0.25, -0.2) is 0 Å². The molecule has 0 spiro atoms. The van der Waals surface area contributed by atoms with Crippen LogP contribution in [0.4, 0.5) is 5.69 Å². The Kier molecular flexibility index (Phi) is 5.66. The van der Waals surface area contributed by atoms with Crippen LogP contribution in [0.15, 0.2) is 54.6 Å². The van der Waals surface area contributed by atoms with E-state index in [0.29, 0.717) is 17.0 Å². The Morgan fingerprint density at radius 1 is 1.11 bits per heavy atom. The number of carbonyl (C=O) groups is 1. The molecule has 0 saturated heterocycles. The standard InChI is InChI=1S/C22H21N3O3/c1-15-12-21(16(2)25(15)18-7-5-8-19(14-18)27-3)22(26)24-17-6-4-9-20(13-17)28-11-10-23/h4-9,12-14H,11H2,1-3H3,(H,24,26). The number of aryl methyl sites for hydroxylation is 1. The molecule has 0 atom stereocenters. The maximum absolute atomic E-state index is 12.8. The number of aromatic nitrogens is 1. The number of carbonyl (C=O) groups excluding carboxylic acids is 1. The fourth-order valence-electron chi connectivity index (χ4n) is 3.12. The summed E-state index contributed by atoms with van der Waals surface area (Å²) in [6.45, 7) is 3.83. The van der Waals surface area contributed by atoms with Crippen molar-refractivity contribution in [3.05, 3.63) is 71.5 Å². The summed E-state index contributed by atoms with van der Waals surface area (Å²) in [6.07, 6.45) is 0. The smallest absolute Gasteiger partial charge is 0.257 e. The SMILES string of the molecule is COc1cccc(-n2c(C)cc(C(=O)Nc3cccc(OCC#N)c3)c2C)c1. The molecule has 0 saturated carbocycles. The van der Waals surface area contributed by atoms with Crippen LogP contribution in [-0.4, -0.2) is 24.2 Å². The molecule has 6 heteroatoms. The monoisotopic (exact) mass is 375 g/mol. The van der Waals surface area contributed by atoms with E-state index in [1.807, 2.05) is 54.8 Å². The number of nitrogens with zero attached hydrogens (tertiary/aromatic N) is 2. The van der Waals surface area contributed by atoms with Crippen molar-refractivity contribution in [2.24, 2.45) is 0 Å². The first kappa shape index (κ1) is 19.1. The van der Waals surface area contributed by atoms with E-state index in [1.165, 1.54) is 0 Å². The van der Waals surface area contributed by atoms with E-state index in [1.54, 1.807) is 31.4 Å². The van der Waals surface area contributed by atoms with Crippen molar-refractivity contribution < 1.29 is 14.3 Å². The zero-order valence-corrected chi connectivity index (χ0v) is 16.0. The zero-order chi connectivity index (χ0) is 20.1. The van der Waals surface area contributed by atoms with Crippen LogP contribution in [0.1, 0.15) is 21.7 Å². The summed E-state index contributed by atoms with van der Waals surface area (Å²) in [5.41, 5.74) is 3.90. The lowest BCUT2D eigenvalue weighted by Gasteiger charge is -2.11. The molecular weight excluding hydrogens is 354 g/mol. The second-order valence-electron chi connectivity index (χ2n) is 6.25. The number of benzene rings is 2. The van der Waals surface area contributed by atoms with Crippen molar-refractivity contribution in [2.75, 3.05) is 19.0 Å². The molecule has 0 unspecified atom stereocenters. The molecule has 0 aliphatic rings. The van der Waals surface area contributed by atoms with E-state index < -0.39 is 0 Å². The number of nitrogens with one attached hydrogen (secondary N) is 1. The highest BCUT2D eigenvalue weighted by Crippen LogP contribution is 2.25. The van der Waals surface area contributed by atoms with Crippen LogP contribution in [0.5, 0.6) is 11.5 Å². The number of nitriles is 1. The van der Waals surface area contributed by atoms with Crippen LogP contribution >= 0.6 is 0 Å². The first-order chi connectivity index (χ1) is 13.5. The minimum atomic E-state index is -0.209. The van der Waals surface area contributed by atoms with E-state index in [9.17, 15) is 4.79 Å². The molecule has 2 aromatic carbocycles. The number of hydrogen-bond acceptors (Lipinski definition) is 4. The summed E-state index contributed by atoms with van der Waals surface area (Å²) in [5.74, 6) is 1.08. The van der Waals surface area contributed by atoms with Crippen LogP contribution in [-0.2, 0) is 0 Å². The van der Waals surface area contributed by atoms with E-state index in [4.69, 9.17) is 14.7 Å². The van der Waals surface area contributed by atoms with Gasteiger partial charge in [0.1, 0.15) is 17.6 Å². The molecule has 0 aliphatic carbocycles. The van der Waals surface area contributed by atoms with Crippen molar-refractivity contribution >= 4 is 11.6 Å². The van der Waals surface area contributed by atoms with Crippen molar-refractivity contribution in [3.63, 3.8) is 0 Å². The first-order valence-corrected chi connectivity index (χ1v) is 8.78. The number of rotatable bonds is 6. The number of hydrogen-bond donors (Lipinski definition) is 1. The number of anilines is 1. The van der Waals surface area contributed by atoms with Gasteiger partial charge in [-0.15, -0.1) is 0 Å². The Labute approximate surface area is 163 Å². The number of amides is 1. The second kappa shape index (κ2) is 8.31. The number of methoxy groups -OCH3 is 1. The molecule has 1 aromatic heterocycles. The molecule has 0 aliphatic heterocycles. The summed E-state index contributed by atoms with van der Waals surface area (Å²) < 4.78 is 12.6. The highest BCUT2D eigenvalue weighted by atomic mass is 16.5. The average molecular weight is 375 g/mol. The van der Waals surface area contributed by atoms with Gasteiger partial charge in [0.25, 0.3) is 5.91 Å². The quantitative estimate of drug-likeness (QED) is 0.698. The van der Waals surface area contributed by atoms with Crippen LogP contribution in [0.2, 0.25) is 0 Å². The normalized spacial score (nSPS) is 10.2. The molecule has 3 rings (SSSR count). The molecule has 142 valence electrons. The zero-order valence-electron chi connectivity index (χ0n) is 16.0. The minimum absolute atomic E-state index is 0.0426. The predicted octanol–water partition coefficient (Wildman–Crippen LogP) is 4.26. The Bertz CT molecular complexity index is 1050. The first-order valence-electron chi connectivity index (χ1n) is 8.78. The van der Waals surface area contributed by atoms with Gasteiger partial charge in [-0.2, -0.15) is 5.26 Å². The summed E-state index contributed by atoms with van der Waals surface area (Å²) >= 11 is 0. The maximum atomic E-state index is 12.8. The van der Waals surface area contributed by atoms with Gasteiger partial charge in [0, 0.05) is 34.9 Å². The largest absolute Gasteiger partial charge is 0.497 e. The summed E-state index contributed by atoms with van der Waals surface area (Å²) in [5, 5.41) is 11.5. The van der Waals surface area contributed by atoms with Crippen LogP contribution in [0, 0.1) is 25.2 Å². The van der Waals surface area contributed by atoms with E-state index in [2.05, 4.69) is 5.32 Å². The van der Waals surface area contributed by atoms with Crippen molar-refractivity contribution in [3.8, 4) is 23.3 Å². The molecule has 28 heavy (non-hydrogen) atoms.